The summed E-state index contributed by atoms with van der Waals surface area (Å²) >= 11 is 0. The first-order valence-corrected chi connectivity index (χ1v) is 5.37. The molecule has 1 aromatic carbocycles. The molecule has 0 bridgehead atoms. The van der Waals surface area contributed by atoms with Crippen molar-refractivity contribution in [3.05, 3.63) is 34.9 Å². The minimum absolute atomic E-state index is 0.00322. The van der Waals surface area contributed by atoms with E-state index in [0.29, 0.717) is 17.7 Å². The Labute approximate surface area is 92.7 Å². The molecule has 4 heteroatoms. The Balaban J connectivity index is 2.47. The molecule has 1 aliphatic rings. The van der Waals surface area contributed by atoms with Crippen molar-refractivity contribution in [1.82, 2.24) is 5.32 Å². The van der Waals surface area contributed by atoms with Gasteiger partial charge in [0.2, 0.25) is 0 Å². The maximum absolute atomic E-state index is 12.9. The van der Waals surface area contributed by atoms with Gasteiger partial charge in [-0.3, -0.25) is 0 Å². The lowest BCUT2D eigenvalue weighted by Gasteiger charge is -2.19. The van der Waals surface area contributed by atoms with Crippen LogP contribution in [0.2, 0.25) is 0 Å². The number of alkyl halides is 3. The molecule has 88 valence electrons. The number of nitrogens with one attached hydrogen (secondary N) is 1. The molecule has 1 saturated heterocycles. The van der Waals surface area contributed by atoms with E-state index in [2.05, 4.69) is 5.32 Å². The Morgan fingerprint density at radius 2 is 2.06 bits per heavy atom. The molecule has 0 aromatic heterocycles. The molecular weight excluding hydrogens is 215 g/mol. The molecule has 16 heavy (non-hydrogen) atoms. The highest BCUT2D eigenvalue weighted by Gasteiger charge is 2.37. The third kappa shape index (κ3) is 2.07. The van der Waals surface area contributed by atoms with Gasteiger partial charge in [0, 0.05) is 6.54 Å². The van der Waals surface area contributed by atoms with Crippen LogP contribution in [0.25, 0.3) is 0 Å². The molecule has 0 spiro atoms. The van der Waals surface area contributed by atoms with Crippen molar-refractivity contribution in [2.24, 2.45) is 0 Å². The topological polar surface area (TPSA) is 12.0 Å². The smallest absolute Gasteiger partial charge is 0.316 e. The zero-order valence-electron chi connectivity index (χ0n) is 9.06. The number of rotatable bonds is 1. The molecular formula is C12H14F3N. The average Bonchev–Trinajstić information content (AvgIpc) is 2.67. The van der Waals surface area contributed by atoms with Crippen LogP contribution in [0.15, 0.2) is 18.2 Å². The van der Waals surface area contributed by atoms with Gasteiger partial charge in [0.15, 0.2) is 0 Å². The molecule has 1 unspecified atom stereocenters. The van der Waals surface area contributed by atoms with Gasteiger partial charge in [-0.1, -0.05) is 18.2 Å². The van der Waals surface area contributed by atoms with Gasteiger partial charge in [-0.05, 0) is 36.9 Å². The Bertz CT molecular complexity index is 378. The third-order valence-corrected chi connectivity index (χ3v) is 3.09. The van der Waals surface area contributed by atoms with Crippen LogP contribution in [0.1, 0.15) is 29.0 Å². The summed E-state index contributed by atoms with van der Waals surface area (Å²) in [5, 5.41) is 3.10. The average molecular weight is 229 g/mol. The van der Waals surface area contributed by atoms with E-state index in [9.17, 15) is 13.2 Å². The lowest BCUT2D eigenvalue weighted by Crippen LogP contribution is -2.15. The van der Waals surface area contributed by atoms with E-state index in [0.717, 1.165) is 13.0 Å². The van der Waals surface area contributed by atoms with E-state index in [1.54, 1.807) is 12.1 Å². The summed E-state index contributed by atoms with van der Waals surface area (Å²) in [6, 6.07) is 4.83. The van der Waals surface area contributed by atoms with E-state index < -0.39 is 11.7 Å². The second-order valence-corrected chi connectivity index (χ2v) is 4.23. The maximum atomic E-state index is 12.9. The molecule has 0 radical (unpaired) electrons. The Morgan fingerprint density at radius 1 is 1.31 bits per heavy atom. The number of hydrogen-bond acceptors (Lipinski definition) is 1. The largest absolute Gasteiger partial charge is 0.416 e. The highest BCUT2D eigenvalue weighted by Crippen LogP contribution is 2.38. The van der Waals surface area contributed by atoms with Crippen molar-refractivity contribution in [2.75, 3.05) is 13.1 Å². The summed E-state index contributed by atoms with van der Waals surface area (Å²) in [6.45, 7) is 2.97. The van der Waals surface area contributed by atoms with Gasteiger partial charge in [-0.15, -0.1) is 0 Å². The lowest BCUT2D eigenvalue weighted by atomic mass is 9.90. The van der Waals surface area contributed by atoms with E-state index in [4.69, 9.17) is 0 Å². The Hall–Kier alpha value is -1.03. The van der Waals surface area contributed by atoms with Crippen LogP contribution < -0.4 is 5.32 Å². The van der Waals surface area contributed by atoms with Crippen LogP contribution in [0.5, 0.6) is 0 Å². The van der Waals surface area contributed by atoms with Crippen molar-refractivity contribution in [3.8, 4) is 0 Å². The van der Waals surface area contributed by atoms with Gasteiger partial charge in [0.1, 0.15) is 0 Å². The molecule has 1 atom stereocenters. The van der Waals surface area contributed by atoms with Crippen LogP contribution in [0.4, 0.5) is 13.2 Å². The normalized spacial score (nSPS) is 21.4. The van der Waals surface area contributed by atoms with Crippen LogP contribution >= 0.6 is 0 Å². The van der Waals surface area contributed by atoms with Crippen molar-refractivity contribution >= 4 is 0 Å². The summed E-state index contributed by atoms with van der Waals surface area (Å²) in [5.74, 6) is -0.00322. The summed E-state index contributed by atoms with van der Waals surface area (Å²) in [7, 11) is 0. The standard InChI is InChI=1S/C12H14F3N/c1-8-3-2-4-10(9-5-6-16-7-9)11(8)12(13,14)15/h2-4,9,16H,5-7H2,1H3. The molecule has 1 N–H and O–H groups in total. The zero-order valence-corrected chi connectivity index (χ0v) is 9.06. The number of halogens is 3. The minimum Gasteiger partial charge on any atom is -0.316 e. The number of benzene rings is 1. The fourth-order valence-electron chi connectivity index (χ4n) is 2.34. The first-order chi connectivity index (χ1) is 7.50. The van der Waals surface area contributed by atoms with Crippen LogP contribution in [-0.4, -0.2) is 13.1 Å². The molecule has 0 saturated carbocycles. The van der Waals surface area contributed by atoms with Crippen molar-refractivity contribution in [3.63, 3.8) is 0 Å². The molecule has 0 aliphatic carbocycles. The van der Waals surface area contributed by atoms with E-state index >= 15 is 0 Å². The first kappa shape index (κ1) is 11.5. The summed E-state index contributed by atoms with van der Waals surface area (Å²) in [5.41, 5.74) is 0.318. The highest BCUT2D eigenvalue weighted by molar-refractivity contribution is 5.39. The van der Waals surface area contributed by atoms with Gasteiger partial charge < -0.3 is 5.32 Å². The molecule has 1 fully saturated rings. The minimum atomic E-state index is -4.25. The molecule has 1 nitrogen and oxygen atoms in total. The zero-order chi connectivity index (χ0) is 11.8. The Kier molecular flexibility index (Phi) is 2.93. The number of aryl methyl sites for hydroxylation is 1. The molecule has 1 aliphatic heterocycles. The van der Waals surface area contributed by atoms with Crippen molar-refractivity contribution < 1.29 is 13.2 Å². The fourth-order valence-corrected chi connectivity index (χ4v) is 2.34. The Morgan fingerprint density at radius 3 is 2.62 bits per heavy atom. The van der Waals surface area contributed by atoms with E-state index in [1.165, 1.54) is 13.0 Å². The lowest BCUT2D eigenvalue weighted by molar-refractivity contribution is -0.138. The summed E-state index contributed by atoms with van der Waals surface area (Å²) in [4.78, 5) is 0. The highest BCUT2D eigenvalue weighted by atomic mass is 19.4. The molecule has 1 aromatic rings. The second kappa shape index (κ2) is 4.09. The fraction of sp³-hybridized carbons (Fsp3) is 0.500. The predicted molar refractivity (Wildman–Crippen MR) is 56.4 cm³/mol. The van der Waals surface area contributed by atoms with Gasteiger partial charge in [0.05, 0.1) is 5.56 Å². The predicted octanol–water partition coefficient (Wildman–Crippen LogP) is 3.09. The summed E-state index contributed by atoms with van der Waals surface area (Å²) in [6.07, 6.45) is -3.46. The monoisotopic (exact) mass is 229 g/mol. The van der Waals surface area contributed by atoms with Gasteiger partial charge in [-0.2, -0.15) is 13.2 Å². The van der Waals surface area contributed by atoms with Crippen LogP contribution in [0, 0.1) is 6.92 Å². The van der Waals surface area contributed by atoms with E-state index in [-0.39, 0.29) is 5.92 Å². The van der Waals surface area contributed by atoms with Crippen LogP contribution in [0.3, 0.4) is 0 Å². The molecule has 1 heterocycles. The van der Waals surface area contributed by atoms with E-state index in [1.807, 2.05) is 0 Å². The van der Waals surface area contributed by atoms with Gasteiger partial charge in [0.25, 0.3) is 0 Å². The first-order valence-electron chi connectivity index (χ1n) is 5.37. The van der Waals surface area contributed by atoms with Gasteiger partial charge in [-0.25, -0.2) is 0 Å². The van der Waals surface area contributed by atoms with Crippen molar-refractivity contribution in [2.45, 2.75) is 25.4 Å². The second-order valence-electron chi connectivity index (χ2n) is 4.23. The summed E-state index contributed by atoms with van der Waals surface area (Å²) < 4.78 is 38.8. The van der Waals surface area contributed by atoms with Crippen molar-refractivity contribution in [1.29, 1.82) is 0 Å². The third-order valence-electron chi connectivity index (χ3n) is 3.09. The van der Waals surface area contributed by atoms with Gasteiger partial charge >= 0.3 is 6.18 Å². The quantitative estimate of drug-likeness (QED) is 0.780. The maximum Gasteiger partial charge on any atom is 0.416 e. The van der Waals surface area contributed by atoms with Crippen LogP contribution in [-0.2, 0) is 6.18 Å². The SMILES string of the molecule is Cc1cccc(C2CCNC2)c1C(F)(F)F. The molecule has 0 amide bonds. The molecule has 2 rings (SSSR count). The number of hydrogen-bond donors (Lipinski definition) is 1.